The Balaban J connectivity index is 2.02. The van der Waals surface area contributed by atoms with Crippen LogP contribution in [0.4, 0.5) is 0 Å². The first-order valence-corrected chi connectivity index (χ1v) is 7.77. The highest BCUT2D eigenvalue weighted by molar-refractivity contribution is 7.10. The minimum absolute atomic E-state index is 0.0491. The summed E-state index contributed by atoms with van der Waals surface area (Å²) in [5.74, 6) is -0.800. The Labute approximate surface area is 128 Å². The van der Waals surface area contributed by atoms with Crippen molar-refractivity contribution in [3.8, 4) is 0 Å². The van der Waals surface area contributed by atoms with Gasteiger partial charge in [-0.05, 0) is 32.2 Å². The molecule has 0 aromatic carbocycles. The lowest BCUT2D eigenvalue weighted by atomic mass is 10.1. The first kappa shape index (κ1) is 15.7. The van der Waals surface area contributed by atoms with Crippen LogP contribution in [0.5, 0.6) is 0 Å². The van der Waals surface area contributed by atoms with Crippen LogP contribution in [0.25, 0.3) is 0 Å². The van der Waals surface area contributed by atoms with E-state index in [0.717, 1.165) is 10.4 Å². The van der Waals surface area contributed by atoms with Gasteiger partial charge in [0, 0.05) is 23.2 Å². The van der Waals surface area contributed by atoms with E-state index in [1.54, 1.807) is 11.3 Å². The van der Waals surface area contributed by atoms with E-state index >= 15 is 0 Å². The van der Waals surface area contributed by atoms with Gasteiger partial charge in [-0.25, -0.2) is 0 Å². The zero-order valence-corrected chi connectivity index (χ0v) is 13.4. The van der Waals surface area contributed by atoms with Crippen molar-refractivity contribution < 1.29 is 9.90 Å². The average Bonchev–Trinajstić information content (AvgIpc) is 3.04. The fourth-order valence-electron chi connectivity index (χ4n) is 2.00. The molecule has 114 valence electrons. The molecule has 0 saturated carbocycles. The average molecular weight is 307 g/mol. The zero-order valence-electron chi connectivity index (χ0n) is 12.5. The van der Waals surface area contributed by atoms with Crippen LogP contribution in [-0.4, -0.2) is 20.9 Å². The van der Waals surface area contributed by atoms with Gasteiger partial charge < -0.3 is 10.4 Å². The summed E-state index contributed by atoms with van der Waals surface area (Å²) >= 11 is 1.57. The SMILES string of the molecule is CC(C)(C)n1cc(CNC(CC(=O)O)c2cccs2)cn1. The maximum Gasteiger partial charge on any atom is 0.305 e. The standard InChI is InChI=1S/C15H21N3O2S/c1-15(2,3)18-10-11(9-17-18)8-16-12(7-14(19)20)13-5-4-6-21-13/h4-6,9-10,12,16H,7-8H2,1-3H3,(H,19,20). The molecule has 6 heteroatoms. The molecule has 1 unspecified atom stereocenters. The number of rotatable bonds is 6. The lowest BCUT2D eigenvalue weighted by Crippen LogP contribution is -2.23. The highest BCUT2D eigenvalue weighted by Crippen LogP contribution is 2.22. The van der Waals surface area contributed by atoms with Crippen LogP contribution in [0.3, 0.4) is 0 Å². The smallest absolute Gasteiger partial charge is 0.305 e. The highest BCUT2D eigenvalue weighted by atomic mass is 32.1. The summed E-state index contributed by atoms with van der Waals surface area (Å²) in [6.07, 6.45) is 3.90. The third-order valence-electron chi connectivity index (χ3n) is 3.14. The van der Waals surface area contributed by atoms with Crippen LogP contribution in [0.1, 0.15) is 43.7 Å². The van der Waals surface area contributed by atoms with Crippen molar-refractivity contribution in [1.82, 2.24) is 15.1 Å². The fourth-order valence-corrected chi connectivity index (χ4v) is 2.80. The normalized spacial score (nSPS) is 13.3. The van der Waals surface area contributed by atoms with Crippen molar-refractivity contribution >= 4 is 17.3 Å². The molecule has 2 aromatic rings. The third kappa shape index (κ3) is 4.41. The predicted molar refractivity (Wildman–Crippen MR) is 83.4 cm³/mol. The lowest BCUT2D eigenvalue weighted by molar-refractivity contribution is -0.137. The van der Waals surface area contributed by atoms with Gasteiger partial charge >= 0.3 is 5.97 Å². The van der Waals surface area contributed by atoms with E-state index in [-0.39, 0.29) is 18.0 Å². The molecule has 0 fully saturated rings. The maximum atomic E-state index is 11.0. The molecule has 2 rings (SSSR count). The number of nitrogens with zero attached hydrogens (tertiary/aromatic N) is 2. The van der Waals surface area contributed by atoms with Crippen molar-refractivity contribution in [2.75, 3.05) is 0 Å². The summed E-state index contributed by atoms with van der Waals surface area (Å²) in [5.41, 5.74) is 1.00. The van der Waals surface area contributed by atoms with Gasteiger partial charge in [-0.3, -0.25) is 9.48 Å². The molecule has 0 aliphatic rings. The van der Waals surface area contributed by atoms with E-state index in [4.69, 9.17) is 5.11 Å². The molecule has 21 heavy (non-hydrogen) atoms. The Hall–Kier alpha value is -1.66. The number of aliphatic carboxylic acids is 1. The summed E-state index contributed by atoms with van der Waals surface area (Å²) < 4.78 is 1.92. The summed E-state index contributed by atoms with van der Waals surface area (Å²) in [6.45, 7) is 6.88. The van der Waals surface area contributed by atoms with Crippen LogP contribution in [0.2, 0.25) is 0 Å². The van der Waals surface area contributed by atoms with Crippen molar-refractivity contribution in [1.29, 1.82) is 0 Å². The molecular formula is C15H21N3O2S. The Morgan fingerprint density at radius 1 is 1.52 bits per heavy atom. The number of hydrogen-bond donors (Lipinski definition) is 2. The Morgan fingerprint density at radius 2 is 2.29 bits per heavy atom. The van der Waals surface area contributed by atoms with Gasteiger partial charge in [0.2, 0.25) is 0 Å². The topological polar surface area (TPSA) is 67.2 Å². The van der Waals surface area contributed by atoms with Gasteiger partial charge in [-0.1, -0.05) is 6.07 Å². The first-order valence-electron chi connectivity index (χ1n) is 6.89. The minimum Gasteiger partial charge on any atom is -0.481 e. The van der Waals surface area contributed by atoms with E-state index in [9.17, 15) is 4.79 Å². The molecule has 2 N–H and O–H groups in total. The van der Waals surface area contributed by atoms with E-state index in [1.165, 1.54) is 0 Å². The summed E-state index contributed by atoms with van der Waals surface area (Å²) in [5, 5.41) is 18.7. The Bertz CT molecular complexity index is 584. The first-order chi connectivity index (χ1) is 9.86. The third-order valence-corrected chi connectivity index (χ3v) is 4.13. The number of thiophene rings is 1. The van der Waals surface area contributed by atoms with Gasteiger partial charge in [0.1, 0.15) is 0 Å². The molecular weight excluding hydrogens is 286 g/mol. The second-order valence-electron chi connectivity index (χ2n) is 6.01. The number of nitrogens with one attached hydrogen (secondary N) is 1. The largest absolute Gasteiger partial charge is 0.481 e. The molecule has 2 heterocycles. The van der Waals surface area contributed by atoms with Gasteiger partial charge in [0.15, 0.2) is 0 Å². The molecule has 1 atom stereocenters. The second kappa shape index (κ2) is 6.41. The minimum atomic E-state index is -0.800. The van der Waals surface area contributed by atoms with Crippen LogP contribution >= 0.6 is 11.3 Å². The molecule has 0 radical (unpaired) electrons. The number of aromatic nitrogens is 2. The zero-order chi connectivity index (χ0) is 15.5. The number of carboxylic acids is 1. The van der Waals surface area contributed by atoms with Crippen LogP contribution < -0.4 is 5.32 Å². The van der Waals surface area contributed by atoms with Gasteiger partial charge in [-0.2, -0.15) is 5.10 Å². The lowest BCUT2D eigenvalue weighted by Gasteiger charge is -2.19. The number of carboxylic acid groups (broad SMARTS) is 1. The number of hydrogen-bond acceptors (Lipinski definition) is 4. The molecule has 0 aliphatic carbocycles. The van der Waals surface area contributed by atoms with E-state index in [1.807, 2.05) is 34.6 Å². The number of carbonyl (C=O) groups is 1. The summed E-state index contributed by atoms with van der Waals surface area (Å²) in [6, 6.07) is 3.73. The Kier molecular flexibility index (Phi) is 4.80. The van der Waals surface area contributed by atoms with Crippen LogP contribution in [0.15, 0.2) is 29.9 Å². The van der Waals surface area contributed by atoms with Crippen molar-refractivity contribution in [2.24, 2.45) is 0 Å². The quantitative estimate of drug-likeness (QED) is 0.861. The maximum absolute atomic E-state index is 11.0. The molecule has 0 amide bonds. The molecule has 0 aliphatic heterocycles. The van der Waals surface area contributed by atoms with Gasteiger partial charge in [-0.15, -0.1) is 11.3 Å². The van der Waals surface area contributed by atoms with E-state index < -0.39 is 5.97 Å². The van der Waals surface area contributed by atoms with Crippen molar-refractivity contribution in [2.45, 2.75) is 45.3 Å². The summed E-state index contributed by atoms with van der Waals surface area (Å²) in [7, 11) is 0. The van der Waals surface area contributed by atoms with Gasteiger partial charge in [0.05, 0.1) is 24.2 Å². The molecule has 0 bridgehead atoms. The molecule has 0 spiro atoms. The molecule has 2 aromatic heterocycles. The summed E-state index contributed by atoms with van der Waals surface area (Å²) in [4.78, 5) is 12.0. The highest BCUT2D eigenvalue weighted by Gasteiger charge is 2.17. The fraction of sp³-hybridized carbons (Fsp3) is 0.467. The molecule has 0 saturated heterocycles. The van der Waals surface area contributed by atoms with E-state index in [2.05, 4.69) is 31.2 Å². The van der Waals surface area contributed by atoms with Gasteiger partial charge in [0.25, 0.3) is 0 Å². The van der Waals surface area contributed by atoms with Crippen molar-refractivity contribution in [3.63, 3.8) is 0 Å². The monoisotopic (exact) mass is 307 g/mol. The van der Waals surface area contributed by atoms with Crippen molar-refractivity contribution in [3.05, 3.63) is 40.3 Å². The predicted octanol–water partition coefficient (Wildman–Crippen LogP) is 3.01. The van der Waals surface area contributed by atoms with E-state index in [0.29, 0.717) is 6.54 Å². The van der Waals surface area contributed by atoms with Crippen LogP contribution in [0, 0.1) is 0 Å². The van der Waals surface area contributed by atoms with Crippen LogP contribution in [-0.2, 0) is 16.9 Å². The Morgan fingerprint density at radius 3 is 2.81 bits per heavy atom. The molecule has 5 nitrogen and oxygen atoms in total. The second-order valence-corrected chi connectivity index (χ2v) is 6.99.